The van der Waals surface area contributed by atoms with Crippen molar-refractivity contribution in [3.05, 3.63) is 107 Å². The lowest BCUT2D eigenvalue weighted by molar-refractivity contribution is 1.12. The Hall–Kier alpha value is -2.80. The van der Waals surface area contributed by atoms with Gasteiger partial charge in [-0.25, -0.2) is 0 Å². The topological polar surface area (TPSA) is 3.24 Å². The molecule has 2 rings (SSSR count). The predicted octanol–water partition coefficient (Wildman–Crippen LogP) is 7.25. The third-order valence-electron chi connectivity index (χ3n) is 4.83. The summed E-state index contributed by atoms with van der Waals surface area (Å²) in [6.07, 6.45) is 9.51. The fraction of sp³-hybridized carbons (Fsp3) is 0.231. The molecule has 0 unspecified atom stereocenters. The average molecular weight is 358 g/mol. The minimum absolute atomic E-state index is 0.897. The van der Waals surface area contributed by atoms with E-state index in [4.69, 9.17) is 0 Å². The molecule has 0 aliphatic carbocycles. The lowest BCUT2D eigenvalue weighted by Crippen LogP contribution is -2.18. The Bertz CT molecular complexity index is 881. The smallest absolute Gasteiger partial charge is 0.0437 e. The minimum atomic E-state index is 0.897. The molecule has 27 heavy (non-hydrogen) atoms. The van der Waals surface area contributed by atoms with Crippen molar-refractivity contribution in [2.24, 2.45) is 0 Å². The van der Waals surface area contributed by atoms with Crippen LogP contribution in [0, 0.1) is 13.8 Å². The predicted molar refractivity (Wildman–Crippen MR) is 121 cm³/mol. The molecule has 140 valence electrons. The summed E-state index contributed by atoms with van der Waals surface area (Å²) in [5.41, 5.74) is 8.45. The molecular weight excluding hydrogens is 326 g/mol. The first-order valence-electron chi connectivity index (χ1n) is 9.49. The number of benzene rings is 2. The first kappa shape index (κ1) is 20.5. The van der Waals surface area contributed by atoms with Crippen LogP contribution in [-0.4, -0.2) is 7.05 Å². The number of anilines is 1. The quantitative estimate of drug-likeness (QED) is 0.472. The van der Waals surface area contributed by atoms with Crippen LogP contribution in [0.5, 0.6) is 0 Å². The Balaban J connectivity index is 2.44. The average Bonchev–Trinajstić information content (AvgIpc) is 2.67. The number of hydrogen-bond acceptors (Lipinski definition) is 1. The van der Waals surface area contributed by atoms with Gasteiger partial charge in [0.05, 0.1) is 0 Å². The molecule has 0 saturated heterocycles. The highest BCUT2D eigenvalue weighted by Gasteiger charge is 2.14. The van der Waals surface area contributed by atoms with E-state index in [2.05, 4.69) is 112 Å². The second kappa shape index (κ2) is 9.78. The normalized spacial score (nSPS) is 12.5. The van der Waals surface area contributed by atoms with E-state index in [9.17, 15) is 0 Å². The second-order valence-corrected chi connectivity index (χ2v) is 6.97. The van der Waals surface area contributed by atoms with Gasteiger partial charge in [0.25, 0.3) is 0 Å². The van der Waals surface area contributed by atoms with Gasteiger partial charge < -0.3 is 4.90 Å². The highest BCUT2D eigenvalue weighted by atomic mass is 15.1. The van der Waals surface area contributed by atoms with Gasteiger partial charge in [0, 0.05) is 24.0 Å². The van der Waals surface area contributed by atoms with E-state index in [0.29, 0.717) is 0 Å². The monoisotopic (exact) mass is 357 g/mol. The van der Waals surface area contributed by atoms with Gasteiger partial charge in [-0.1, -0.05) is 78.9 Å². The summed E-state index contributed by atoms with van der Waals surface area (Å²) >= 11 is 0. The Morgan fingerprint density at radius 2 is 1.63 bits per heavy atom. The van der Waals surface area contributed by atoms with E-state index in [0.717, 1.165) is 12.1 Å². The first-order valence-corrected chi connectivity index (χ1v) is 9.49. The highest BCUT2D eigenvalue weighted by Crippen LogP contribution is 2.31. The van der Waals surface area contributed by atoms with Crippen LogP contribution in [-0.2, 0) is 0 Å². The van der Waals surface area contributed by atoms with Gasteiger partial charge in [0.15, 0.2) is 0 Å². The van der Waals surface area contributed by atoms with Crippen molar-refractivity contribution >= 4 is 11.3 Å². The molecule has 0 radical (unpaired) electrons. The molecule has 0 amide bonds. The largest absolute Gasteiger partial charge is 0.344 e. The first-order chi connectivity index (χ1) is 13.0. The fourth-order valence-corrected chi connectivity index (χ4v) is 3.12. The summed E-state index contributed by atoms with van der Waals surface area (Å²) in [4.78, 5) is 2.19. The van der Waals surface area contributed by atoms with Crippen molar-refractivity contribution in [2.45, 2.75) is 34.1 Å². The number of allylic oxidation sites excluding steroid dienone is 6. The number of para-hydroxylation sites is 1. The van der Waals surface area contributed by atoms with Gasteiger partial charge in [-0.2, -0.15) is 0 Å². The third-order valence-corrected chi connectivity index (χ3v) is 4.83. The van der Waals surface area contributed by atoms with Crippen molar-refractivity contribution < 1.29 is 0 Å². The maximum atomic E-state index is 4.45. The zero-order chi connectivity index (χ0) is 19.8. The van der Waals surface area contributed by atoms with Crippen molar-refractivity contribution in [2.75, 3.05) is 11.9 Å². The zero-order valence-electron chi connectivity index (χ0n) is 17.3. The van der Waals surface area contributed by atoms with Gasteiger partial charge in [0.1, 0.15) is 0 Å². The van der Waals surface area contributed by atoms with Crippen molar-refractivity contribution in [1.82, 2.24) is 0 Å². The van der Waals surface area contributed by atoms with E-state index in [1.54, 1.807) is 0 Å². The van der Waals surface area contributed by atoms with E-state index >= 15 is 0 Å². The molecule has 0 bridgehead atoms. The van der Waals surface area contributed by atoms with Gasteiger partial charge >= 0.3 is 0 Å². The molecule has 2 aromatic rings. The second-order valence-electron chi connectivity index (χ2n) is 6.97. The molecule has 0 N–H and O–H groups in total. The van der Waals surface area contributed by atoms with Gasteiger partial charge in [0.2, 0.25) is 0 Å². The fourth-order valence-electron chi connectivity index (χ4n) is 3.12. The molecule has 1 nitrogen and oxygen atoms in total. The molecule has 0 aliphatic heterocycles. The van der Waals surface area contributed by atoms with E-state index in [1.807, 2.05) is 6.92 Å². The minimum Gasteiger partial charge on any atom is -0.344 e. The van der Waals surface area contributed by atoms with Crippen molar-refractivity contribution in [1.29, 1.82) is 0 Å². The number of likely N-dealkylation sites (N-methyl/N-ethyl adjacent to an activating group) is 1. The highest BCUT2D eigenvalue weighted by molar-refractivity contribution is 5.84. The van der Waals surface area contributed by atoms with Gasteiger partial charge in [-0.05, 0) is 56.9 Å². The lowest BCUT2D eigenvalue weighted by Gasteiger charge is -2.26. The van der Waals surface area contributed by atoms with E-state index < -0.39 is 0 Å². The lowest BCUT2D eigenvalue weighted by atomic mass is 9.95. The van der Waals surface area contributed by atoms with Crippen LogP contribution in [0.15, 0.2) is 90.7 Å². The number of rotatable bonds is 7. The zero-order valence-corrected chi connectivity index (χ0v) is 17.3. The SMILES string of the molecule is C=C(/C(=C/C/C(C)=C/C=C\C)c1ccccc1C)N(C)c1ccccc1C. The molecule has 0 heterocycles. The molecule has 0 saturated carbocycles. The Kier molecular flexibility index (Phi) is 7.43. The molecule has 0 aromatic heterocycles. The number of hydrogen-bond donors (Lipinski definition) is 0. The molecule has 1 heteroatoms. The third kappa shape index (κ3) is 5.34. The molecule has 2 aromatic carbocycles. The Morgan fingerprint density at radius 1 is 1.00 bits per heavy atom. The number of aryl methyl sites for hydroxylation is 2. The molecule has 0 spiro atoms. The van der Waals surface area contributed by atoms with Gasteiger partial charge in [-0.3, -0.25) is 0 Å². The van der Waals surface area contributed by atoms with Crippen molar-refractivity contribution in [3.8, 4) is 0 Å². The maximum absolute atomic E-state index is 4.45. The molecule has 0 atom stereocenters. The van der Waals surface area contributed by atoms with Gasteiger partial charge in [-0.15, -0.1) is 0 Å². The van der Waals surface area contributed by atoms with E-state index in [1.165, 1.54) is 33.5 Å². The standard InChI is InChI=1S/C26H31N/c1-7-8-13-20(2)18-19-25(24-16-11-9-14-21(24)3)23(5)27(6)26-17-12-10-15-22(26)4/h7-17,19H,5,18H2,1-4,6H3/b8-7-,20-13+,25-19-. The summed E-state index contributed by atoms with van der Waals surface area (Å²) in [5, 5.41) is 0. The van der Waals surface area contributed by atoms with Crippen LogP contribution in [0.2, 0.25) is 0 Å². The summed E-state index contributed by atoms with van der Waals surface area (Å²) in [6, 6.07) is 17.0. The van der Waals surface area contributed by atoms with Crippen LogP contribution < -0.4 is 4.90 Å². The van der Waals surface area contributed by atoms with E-state index in [-0.39, 0.29) is 0 Å². The summed E-state index contributed by atoms with van der Waals surface area (Å²) in [7, 11) is 2.10. The van der Waals surface area contributed by atoms with Crippen molar-refractivity contribution in [3.63, 3.8) is 0 Å². The maximum Gasteiger partial charge on any atom is 0.0437 e. The number of nitrogens with zero attached hydrogens (tertiary/aromatic N) is 1. The Morgan fingerprint density at radius 3 is 2.26 bits per heavy atom. The summed E-state index contributed by atoms with van der Waals surface area (Å²) in [6.45, 7) is 13.0. The van der Waals surface area contributed by atoms with Crippen LogP contribution in [0.25, 0.3) is 5.57 Å². The summed E-state index contributed by atoms with van der Waals surface area (Å²) < 4.78 is 0. The molecule has 0 aliphatic rings. The molecule has 0 fully saturated rings. The Labute approximate surface area is 165 Å². The van der Waals surface area contributed by atoms with Crippen LogP contribution in [0.1, 0.15) is 37.0 Å². The van der Waals surface area contributed by atoms with Crippen LogP contribution in [0.4, 0.5) is 5.69 Å². The molecular formula is C26H31N. The summed E-state index contributed by atoms with van der Waals surface area (Å²) in [5.74, 6) is 0. The van der Waals surface area contributed by atoms with Crippen LogP contribution >= 0.6 is 0 Å². The van der Waals surface area contributed by atoms with Crippen LogP contribution in [0.3, 0.4) is 0 Å².